The third-order valence-corrected chi connectivity index (χ3v) is 7.36. The largest absolute Gasteiger partial charge is 0.490 e. The molecule has 0 amide bonds. The Labute approximate surface area is 246 Å². The Morgan fingerprint density at radius 3 is 1.40 bits per heavy atom. The van der Waals surface area contributed by atoms with E-state index in [0.29, 0.717) is 25.2 Å². The Bertz CT molecular complexity index is 760. The van der Waals surface area contributed by atoms with Crippen molar-refractivity contribution in [2.45, 2.75) is 168 Å². The average molecular weight is 561 g/mol. The van der Waals surface area contributed by atoms with E-state index in [0.717, 1.165) is 51.4 Å². The topological polar surface area (TPSA) is 61.8 Å². The Morgan fingerprint density at radius 1 is 0.500 bits per heavy atom. The molecule has 0 bridgehead atoms. The van der Waals surface area contributed by atoms with Crippen molar-refractivity contribution in [3.8, 4) is 17.2 Å². The Balaban J connectivity index is 2.64. The number of carbonyl (C=O) groups is 2. The van der Waals surface area contributed by atoms with Crippen molar-refractivity contribution in [2.75, 3.05) is 6.61 Å². The summed E-state index contributed by atoms with van der Waals surface area (Å²) in [4.78, 5) is 25.4. The number of ether oxygens (including phenoxy) is 3. The van der Waals surface area contributed by atoms with E-state index in [1.807, 2.05) is 0 Å². The molecule has 0 atom stereocenters. The number of hydrogen-bond acceptors (Lipinski definition) is 5. The Kier molecular flexibility index (Phi) is 23.3. The highest BCUT2D eigenvalue weighted by molar-refractivity contribution is 5.77. The van der Waals surface area contributed by atoms with E-state index in [9.17, 15) is 9.59 Å². The predicted molar refractivity (Wildman–Crippen MR) is 166 cm³/mol. The Morgan fingerprint density at radius 2 is 0.900 bits per heavy atom. The van der Waals surface area contributed by atoms with Gasteiger partial charge < -0.3 is 14.2 Å². The van der Waals surface area contributed by atoms with E-state index < -0.39 is 0 Å². The molecule has 1 aromatic carbocycles. The molecule has 1 aromatic rings. The number of para-hydroxylation sites is 1. The molecule has 5 nitrogen and oxygen atoms in total. The van der Waals surface area contributed by atoms with Crippen molar-refractivity contribution in [2.24, 2.45) is 0 Å². The molecule has 1 rings (SSSR count). The minimum Gasteiger partial charge on any atom is -0.490 e. The monoisotopic (exact) mass is 560 g/mol. The third kappa shape index (κ3) is 19.1. The van der Waals surface area contributed by atoms with Gasteiger partial charge >= 0.3 is 11.9 Å². The van der Waals surface area contributed by atoms with Gasteiger partial charge in [-0.25, -0.2) is 0 Å². The summed E-state index contributed by atoms with van der Waals surface area (Å²) in [5.41, 5.74) is 0. The summed E-state index contributed by atoms with van der Waals surface area (Å²) >= 11 is 0. The third-order valence-electron chi connectivity index (χ3n) is 7.36. The molecule has 0 N–H and O–H groups in total. The van der Waals surface area contributed by atoms with Gasteiger partial charge in [0.2, 0.25) is 5.75 Å². The van der Waals surface area contributed by atoms with Crippen LogP contribution in [0.3, 0.4) is 0 Å². The van der Waals surface area contributed by atoms with E-state index in [1.165, 1.54) is 83.5 Å². The van der Waals surface area contributed by atoms with E-state index in [-0.39, 0.29) is 23.4 Å². The molecule has 0 aliphatic carbocycles. The number of benzene rings is 1. The number of esters is 2. The van der Waals surface area contributed by atoms with Gasteiger partial charge in [0.05, 0.1) is 6.61 Å². The standard InChI is InChI=1S/C35H60O5/c1-4-7-10-13-16-19-22-28-33(36)39-32-27-25-26-31(38-30-24-21-18-15-12-9-6-3)35(32)40-34(37)29-23-20-17-14-11-8-5-2/h25-27H,4-24,28-30H2,1-3H3. The molecule has 0 saturated heterocycles. The van der Waals surface area contributed by atoms with Crippen LogP contribution < -0.4 is 14.2 Å². The molecule has 0 radical (unpaired) electrons. The zero-order valence-corrected chi connectivity index (χ0v) is 26.2. The van der Waals surface area contributed by atoms with Crippen LogP contribution in [-0.4, -0.2) is 18.5 Å². The smallest absolute Gasteiger partial charge is 0.311 e. The summed E-state index contributed by atoms with van der Waals surface area (Å²) in [6.45, 7) is 7.21. The molecule has 40 heavy (non-hydrogen) atoms. The molecule has 5 heteroatoms. The van der Waals surface area contributed by atoms with Crippen LogP contribution in [0.5, 0.6) is 17.2 Å². The molecule has 0 aromatic heterocycles. The first kappa shape index (κ1) is 36.0. The lowest BCUT2D eigenvalue weighted by Crippen LogP contribution is -2.13. The summed E-state index contributed by atoms with van der Waals surface area (Å²) in [6.07, 6.45) is 25.1. The first-order chi connectivity index (χ1) is 19.6. The van der Waals surface area contributed by atoms with Gasteiger partial charge in [-0.3, -0.25) is 9.59 Å². The first-order valence-corrected chi connectivity index (χ1v) is 16.8. The molecule has 230 valence electrons. The first-order valence-electron chi connectivity index (χ1n) is 16.8. The molecule has 0 unspecified atom stereocenters. The number of carbonyl (C=O) groups excluding carboxylic acids is 2. The predicted octanol–water partition coefficient (Wildman–Crippen LogP) is 10.9. The number of rotatable bonds is 27. The van der Waals surface area contributed by atoms with Crippen molar-refractivity contribution in [3.05, 3.63) is 18.2 Å². The van der Waals surface area contributed by atoms with Gasteiger partial charge in [-0.1, -0.05) is 142 Å². The second-order valence-electron chi connectivity index (χ2n) is 11.2. The van der Waals surface area contributed by atoms with Crippen molar-refractivity contribution in [1.29, 1.82) is 0 Å². The molecule has 0 aliphatic heterocycles. The molecule has 0 saturated carbocycles. The van der Waals surface area contributed by atoms with Crippen LogP contribution in [-0.2, 0) is 9.59 Å². The summed E-state index contributed by atoms with van der Waals surface area (Å²) in [5.74, 6) is 0.399. The Hall–Kier alpha value is -2.04. The highest BCUT2D eigenvalue weighted by atomic mass is 16.6. The number of hydrogen-bond donors (Lipinski definition) is 0. The highest BCUT2D eigenvalue weighted by Crippen LogP contribution is 2.38. The van der Waals surface area contributed by atoms with E-state index >= 15 is 0 Å². The van der Waals surface area contributed by atoms with Gasteiger partial charge in [-0.05, 0) is 31.4 Å². The maximum Gasteiger partial charge on any atom is 0.311 e. The second kappa shape index (κ2) is 25.9. The maximum absolute atomic E-state index is 12.7. The van der Waals surface area contributed by atoms with Crippen LogP contribution in [0.4, 0.5) is 0 Å². The highest BCUT2D eigenvalue weighted by Gasteiger charge is 2.19. The minimum atomic E-state index is -0.301. The van der Waals surface area contributed by atoms with Crippen molar-refractivity contribution in [1.82, 2.24) is 0 Å². The van der Waals surface area contributed by atoms with Crippen molar-refractivity contribution in [3.63, 3.8) is 0 Å². The van der Waals surface area contributed by atoms with Crippen molar-refractivity contribution >= 4 is 11.9 Å². The molecular formula is C35H60O5. The molecular weight excluding hydrogens is 500 g/mol. The molecule has 0 fully saturated rings. The molecule has 0 spiro atoms. The lowest BCUT2D eigenvalue weighted by molar-refractivity contribution is -0.137. The summed E-state index contributed by atoms with van der Waals surface area (Å²) in [5, 5.41) is 0. The summed E-state index contributed by atoms with van der Waals surface area (Å²) < 4.78 is 17.5. The van der Waals surface area contributed by atoms with Gasteiger partial charge in [0.15, 0.2) is 11.5 Å². The minimum absolute atomic E-state index is 0.242. The maximum atomic E-state index is 12.7. The van der Waals surface area contributed by atoms with Crippen LogP contribution in [0.25, 0.3) is 0 Å². The van der Waals surface area contributed by atoms with Crippen LogP contribution >= 0.6 is 0 Å². The fraction of sp³-hybridized carbons (Fsp3) is 0.771. The zero-order chi connectivity index (χ0) is 29.1. The van der Waals surface area contributed by atoms with Gasteiger partial charge in [-0.2, -0.15) is 0 Å². The fourth-order valence-electron chi connectivity index (χ4n) is 4.82. The summed E-state index contributed by atoms with van der Waals surface area (Å²) in [6, 6.07) is 5.29. The normalized spacial score (nSPS) is 11.0. The van der Waals surface area contributed by atoms with Crippen molar-refractivity contribution < 1.29 is 23.8 Å². The van der Waals surface area contributed by atoms with Crippen LogP contribution in [0.1, 0.15) is 168 Å². The molecule has 0 heterocycles. The van der Waals surface area contributed by atoms with Crippen LogP contribution in [0.15, 0.2) is 18.2 Å². The van der Waals surface area contributed by atoms with Gasteiger partial charge in [0, 0.05) is 12.8 Å². The van der Waals surface area contributed by atoms with Gasteiger partial charge in [0.25, 0.3) is 0 Å². The lowest BCUT2D eigenvalue weighted by Gasteiger charge is -2.15. The second-order valence-corrected chi connectivity index (χ2v) is 11.2. The average Bonchev–Trinajstić information content (AvgIpc) is 2.95. The summed E-state index contributed by atoms with van der Waals surface area (Å²) in [7, 11) is 0. The van der Waals surface area contributed by atoms with Gasteiger partial charge in [0.1, 0.15) is 0 Å². The fourth-order valence-corrected chi connectivity index (χ4v) is 4.82. The van der Waals surface area contributed by atoms with E-state index in [2.05, 4.69) is 20.8 Å². The van der Waals surface area contributed by atoms with Crippen LogP contribution in [0, 0.1) is 0 Å². The number of unbranched alkanes of at least 4 members (excludes halogenated alkanes) is 18. The van der Waals surface area contributed by atoms with E-state index in [4.69, 9.17) is 14.2 Å². The quantitative estimate of drug-likeness (QED) is 0.0608. The van der Waals surface area contributed by atoms with Crippen LogP contribution in [0.2, 0.25) is 0 Å². The molecule has 0 aliphatic rings. The van der Waals surface area contributed by atoms with E-state index in [1.54, 1.807) is 18.2 Å². The van der Waals surface area contributed by atoms with Gasteiger partial charge in [-0.15, -0.1) is 0 Å². The zero-order valence-electron chi connectivity index (χ0n) is 26.2. The lowest BCUT2D eigenvalue weighted by atomic mass is 10.1. The SMILES string of the molecule is CCCCCCCCCOc1cccc(OC(=O)CCCCCCCCC)c1OC(=O)CCCCCCCCC.